The summed E-state index contributed by atoms with van der Waals surface area (Å²) in [6.07, 6.45) is 3.04. The van der Waals surface area contributed by atoms with E-state index in [1.54, 1.807) is 29.2 Å². The van der Waals surface area contributed by atoms with Crippen molar-refractivity contribution in [3.63, 3.8) is 0 Å². The second kappa shape index (κ2) is 6.06. The van der Waals surface area contributed by atoms with Gasteiger partial charge in [-0.1, -0.05) is 17.7 Å². The third kappa shape index (κ3) is 3.47. The van der Waals surface area contributed by atoms with Crippen LogP contribution in [0.2, 0.25) is 5.02 Å². The Balaban J connectivity index is 2.17. The molecule has 5 heteroatoms. The number of benzene rings is 1. The highest BCUT2D eigenvalue weighted by Gasteiger charge is 2.28. The van der Waals surface area contributed by atoms with Gasteiger partial charge in [0.15, 0.2) is 0 Å². The molecule has 2 rings (SSSR count). The van der Waals surface area contributed by atoms with E-state index in [1.807, 2.05) is 0 Å². The molecule has 0 aliphatic carbocycles. The normalized spacial score (nSPS) is 19.2. The van der Waals surface area contributed by atoms with E-state index in [1.165, 1.54) is 0 Å². The number of piperidine rings is 1. The van der Waals surface area contributed by atoms with E-state index < -0.39 is 0 Å². The lowest BCUT2D eigenvalue weighted by Crippen LogP contribution is -2.45. The lowest BCUT2D eigenvalue weighted by atomic mass is 9.98. The average molecular weight is 281 g/mol. The second-order valence-corrected chi connectivity index (χ2v) is 5.27. The molecule has 0 spiro atoms. The van der Waals surface area contributed by atoms with Gasteiger partial charge in [0, 0.05) is 29.6 Å². The fourth-order valence-electron chi connectivity index (χ4n) is 2.50. The van der Waals surface area contributed by atoms with Crippen molar-refractivity contribution in [3.8, 4) is 0 Å². The van der Waals surface area contributed by atoms with Crippen molar-refractivity contribution >= 4 is 23.4 Å². The molecule has 4 nitrogen and oxygen atoms in total. The number of hydrogen-bond acceptors (Lipinski definition) is 2. The first-order valence-corrected chi connectivity index (χ1v) is 6.80. The van der Waals surface area contributed by atoms with Crippen LogP contribution in [0.1, 0.15) is 36.0 Å². The Bertz CT molecular complexity index is 490. The molecule has 1 unspecified atom stereocenters. The lowest BCUT2D eigenvalue weighted by molar-refractivity contribution is -0.119. The van der Waals surface area contributed by atoms with Gasteiger partial charge in [-0.15, -0.1) is 0 Å². The number of halogens is 1. The van der Waals surface area contributed by atoms with Gasteiger partial charge in [0.25, 0.3) is 5.91 Å². The fraction of sp³-hybridized carbons (Fsp3) is 0.429. The van der Waals surface area contributed by atoms with Gasteiger partial charge in [-0.25, -0.2) is 0 Å². The van der Waals surface area contributed by atoms with E-state index in [2.05, 4.69) is 0 Å². The summed E-state index contributed by atoms with van der Waals surface area (Å²) in [5, 5.41) is 0.536. The molecule has 1 atom stereocenters. The monoisotopic (exact) mass is 280 g/mol. The molecule has 1 heterocycles. The van der Waals surface area contributed by atoms with Gasteiger partial charge < -0.3 is 10.6 Å². The third-order valence-electron chi connectivity index (χ3n) is 3.40. The summed E-state index contributed by atoms with van der Waals surface area (Å²) in [6.45, 7) is 0.670. The Labute approximate surface area is 117 Å². The first-order valence-electron chi connectivity index (χ1n) is 6.43. The van der Waals surface area contributed by atoms with Crippen molar-refractivity contribution in [1.82, 2.24) is 4.90 Å². The molecular formula is C14H17ClN2O2. The Morgan fingerprint density at radius 3 is 2.84 bits per heavy atom. The van der Waals surface area contributed by atoms with Gasteiger partial charge in [-0.05, 0) is 37.5 Å². The Kier molecular flexibility index (Phi) is 4.43. The highest BCUT2D eigenvalue weighted by atomic mass is 35.5. The number of rotatable bonds is 3. The predicted molar refractivity (Wildman–Crippen MR) is 73.9 cm³/mol. The van der Waals surface area contributed by atoms with Crippen LogP contribution in [0, 0.1) is 0 Å². The van der Waals surface area contributed by atoms with Gasteiger partial charge in [0.05, 0.1) is 0 Å². The summed E-state index contributed by atoms with van der Waals surface area (Å²) in [7, 11) is 0. The molecule has 102 valence electrons. The summed E-state index contributed by atoms with van der Waals surface area (Å²) in [5.74, 6) is -0.441. The minimum atomic E-state index is -0.365. The van der Waals surface area contributed by atoms with Crippen molar-refractivity contribution < 1.29 is 9.59 Å². The van der Waals surface area contributed by atoms with Gasteiger partial charge >= 0.3 is 0 Å². The quantitative estimate of drug-likeness (QED) is 0.923. The van der Waals surface area contributed by atoms with Crippen LogP contribution in [0.15, 0.2) is 24.3 Å². The highest BCUT2D eigenvalue weighted by molar-refractivity contribution is 6.30. The summed E-state index contributed by atoms with van der Waals surface area (Å²) in [5.41, 5.74) is 5.81. The van der Waals surface area contributed by atoms with E-state index >= 15 is 0 Å². The van der Waals surface area contributed by atoms with Crippen molar-refractivity contribution in [2.24, 2.45) is 5.73 Å². The molecular weight excluding hydrogens is 264 g/mol. The standard InChI is InChI=1S/C14H17ClN2O2/c15-11-5-3-4-10(8-11)14(19)17-7-2-1-6-12(17)9-13(16)18/h3-5,8,12H,1-2,6-7,9H2,(H2,16,18). The molecule has 0 bridgehead atoms. The van der Waals surface area contributed by atoms with Gasteiger partial charge in [-0.2, -0.15) is 0 Å². The van der Waals surface area contributed by atoms with Gasteiger partial charge in [0.1, 0.15) is 0 Å². The minimum Gasteiger partial charge on any atom is -0.370 e. The predicted octanol–water partition coefficient (Wildman–Crippen LogP) is 2.21. The SMILES string of the molecule is NC(=O)CC1CCCCN1C(=O)c1cccc(Cl)c1. The number of likely N-dealkylation sites (tertiary alicyclic amines) is 1. The molecule has 2 N–H and O–H groups in total. The number of nitrogens with two attached hydrogens (primary N) is 1. The number of primary amides is 1. The Morgan fingerprint density at radius 2 is 2.16 bits per heavy atom. The molecule has 0 saturated carbocycles. The lowest BCUT2D eigenvalue weighted by Gasteiger charge is -2.35. The maximum absolute atomic E-state index is 12.5. The van der Waals surface area contributed by atoms with E-state index in [9.17, 15) is 9.59 Å². The minimum absolute atomic E-state index is 0.0755. The molecule has 19 heavy (non-hydrogen) atoms. The zero-order chi connectivity index (χ0) is 13.8. The molecule has 1 aromatic rings. The van der Waals surface area contributed by atoms with Gasteiger partial charge in [0.2, 0.25) is 5.91 Å². The van der Waals surface area contributed by atoms with Crippen molar-refractivity contribution in [2.45, 2.75) is 31.7 Å². The van der Waals surface area contributed by atoms with E-state index in [-0.39, 0.29) is 24.3 Å². The Hall–Kier alpha value is -1.55. The van der Waals surface area contributed by atoms with Crippen LogP contribution in [0.25, 0.3) is 0 Å². The number of hydrogen-bond donors (Lipinski definition) is 1. The molecule has 0 radical (unpaired) electrons. The largest absolute Gasteiger partial charge is 0.370 e. The number of nitrogens with zero attached hydrogens (tertiary/aromatic N) is 1. The molecule has 1 aromatic carbocycles. The highest BCUT2D eigenvalue weighted by Crippen LogP contribution is 2.22. The second-order valence-electron chi connectivity index (χ2n) is 4.83. The van der Waals surface area contributed by atoms with Crippen LogP contribution in [-0.4, -0.2) is 29.3 Å². The molecule has 2 amide bonds. The zero-order valence-corrected chi connectivity index (χ0v) is 11.4. The summed E-state index contributed by atoms with van der Waals surface area (Å²) in [6, 6.07) is 6.79. The summed E-state index contributed by atoms with van der Waals surface area (Å²) in [4.78, 5) is 25.3. The first-order chi connectivity index (χ1) is 9.08. The van der Waals surface area contributed by atoms with Gasteiger partial charge in [-0.3, -0.25) is 9.59 Å². The molecule has 1 aliphatic rings. The van der Waals surface area contributed by atoms with E-state index in [0.717, 1.165) is 19.3 Å². The zero-order valence-electron chi connectivity index (χ0n) is 10.6. The van der Waals surface area contributed by atoms with Crippen molar-refractivity contribution in [1.29, 1.82) is 0 Å². The van der Waals surface area contributed by atoms with E-state index in [4.69, 9.17) is 17.3 Å². The average Bonchev–Trinajstić information content (AvgIpc) is 2.38. The topological polar surface area (TPSA) is 63.4 Å². The molecule has 1 fully saturated rings. The smallest absolute Gasteiger partial charge is 0.254 e. The number of carbonyl (C=O) groups excluding carboxylic acids is 2. The summed E-state index contributed by atoms with van der Waals surface area (Å²) < 4.78 is 0. The summed E-state index contributed by atoms with van der Waals surface area (Å²) >= 11 is 5.90. The van der Waals surface area contributed by atoms with E-state index in [0.29, 0.717) is 17.1 Å². The van der Waals surface area contributed by atoms with Crippen LogP contribution in [0.3, 0.4) is 0 Å². The maximum Gasteiger partial charge on any atom is 0.254 e. The first kappa shape index (κ1) is 13.9. The van der Waals surface area contributed by atoms with Crippen LogP contribution >= 0.6 is 11.6 Å². The maximum atomic E-state index is 12.5. The Morgan fingerprint density at radius 1 is 1.37 bits per heavy atom. The van der Waals surface area contributed by atoms with Crippen LogP contribution in [0.5, 0.6) is 0 Å². The van der Waals surface area contributed by atoms with Crippen LogP contribution < -0.4 is 5.73 Å². The molecule has 1 aliphatic heterocycles. The number of amides is 2. The molecule has 0 aromatic heterocycles. The fourth-order valence-corrected chi connectivity index (χ4v) is 2.69. The third-order valence-corrected chi connectivity index (χ3v) is 3.63. The van der Waals surface area contributed by atoms with Crippen LogP contribution in [-0.2, 0) is 4.79 Å². The van der Waals surface area contributed by atoms with Crippen molar-refractivity contribution in [2.75, 3.05) is 6.54 Å². The number of carbonyl (C=O) groups is 2. The van der Waals surface area contributed by atoms with Crippen LogP contribution in [0.4, 0.5) is 0 Å². The molecule has 1 saturated heterocycles. The van der Waals surface area contributed by atoms with Crippen molar-refractivity contribution in [3.05, 3.63) is 34.9 Å².